The third kappa shape index (κ3) is 3.91. The Bertz CT molecular complexity index is 413. The van der Waals surface area contributed by atoms with Crippen LogP contribution in [0.15, 0.2) is 18.3 Å². The van der Waals surface area contributed by atoms with Gasteiger partial charge in [0.15, 0.2) is 0 Å². The van der Waals surface area contributed by atoms with E-state index in [4.69, 9.17) is 11.6 Å². The minimum absolute atomic E-state index is 0.0173. The number of nitrogens with zero attached hydrogens (tertiary/aromatic N) is 2. The van der Waals surface area contributed by atoms with E-state index < -0.39 is 0 Å². The summed E-state index contributed by atoms with van der Waals surface area (Å²) in [4.78, 5) is 18.2. The zero-order valence-electron chi connectivity index (χ0n) is 11.2. The molecule has 1 aliphatic rings. The molecule has 0 aromatic carbocycles. The smallest absolute Gasteiger partial charge is 0.272 e. The van der Waals surface area contributed by atoms with E-state index in [1.54, 1.807) is 12.1 Å². The van der Waals surface area contributed by atoms with Gasteiger partial charge in [-0.1, -0.05) is 11.6 Å². The number of hydrogen-bond acceptors (Lipinski definition) is 3. The van der Waals surface area contributed by atoms with Gasteiger partial charge in [-0.25, -0.2) is 4.98 Å². The Labute approximate surface area is 119 Å². The second-order valence-corrected chi connectivity index (χ2v) is 5.43. The molecule has 5 heteroatoms. The van der Waals surface area contributed by atoms with Gasteiger partial charge in [-0.3, -0.25) is 4.79 Å². The van der Waals surface area contributed by atoms with Crippen LogP contribution < -0.4 is 5.32 Å². The summed E-state index contributed by atoms with van der Waals surface area (Å²) in [5, 5.41) is 3.73. The molecule has 104 valence electrons. The zero-order valence-corrected chi connectivity index (χ0v) is 12.0. The average Bonchev–Trinajstić information content (AvgIpc) is 2.46. The van der Waals surface area contributed by atoms with Gasteiger partial charge in [-0.15, -0.1) is 0 Å². The van der Waals surface area contributed by atoms with Crippen LogP contribution in [0, 0.1) is 5.92 Å². The van der Waals surface area contributed by atoms with Crippen LogP contribution in [0.25, 0.3) is 0 Å². The Hall–Kier alpha value is -1.13. The fourth-order valence-electron chi connectivity index (χ4n) is 2.44. The van der Waals surface area contributed by atoms with Gasteiger partial charge in [0.05, 0.1) is 5.02 Å². The number of amides is 1. The summed E-state index contributed by atoms with van der Waals surface area (Å²) < 4.78 is 0. The van der Waals surface area contributed by atoms with E-state index in [1.807, 2.05) is 11.9 Å². The van der Waals surface area contributed by atoms with E-state index in [2.05, 4.69) is 10.3 Å². The molecule has 1 aromatic heterocycles. The van der Waals surface area contributed by atoms with Crippen molar-refractivity contribution < 1.29 is 4.79 Å². The molecule has 0 aliphatic carbocycles. The van der Waals surface area contributed by atoms with Crippen molar-refractivity contribution >= 4 is 17.5 Å². The lowest BCUT2D eigenvalue weighted by molar-refractivity contribution is 0.0681. The van der Waals surface area contributed by atoms with Crippen molar-refractivity contribution in [1.82, 2.24) is 15.2 Å². The summed E-state index contributed by atoms with van der Waals surface area (Å²) in [6, 6.07) is 3.40. The highest BCUT2D eigenvalue weighted by atomic mass is 35.5. The molecule has 19 heavy (non-hydrogen) atoms. The molecule has 1 fully saturated rings. The number of pyridine rings is 1. The van der Waals surface area contributed by atoms with Gasteiger partial charge in [0.25, 0.3) is 5.91 Å². The maximum Gasteiger partial charge on any atom is 0.272 e. The van der Waals surface area contributed by atoms with Crippen molar-refractivity contribution in [2.24, 2.45) is 5.92 Å². The highest BCUT2D eigenvalue weighted by Gasteiger charge is 2.23. The van der Waals surface area contributed by atoms with Crippen molar-refractivity contribution in [1.29, 1.82) is 0 Å². The van der Waals surface area contributed by atoms with Gasteiger partial charge in [-0.2, -0.15) is 0 Å². The third-order valence-corrected chi connectivity index (χ3v) is 3.87. The highest BCUT2D eigenvalue weighted by molar-refractivity contribution is 6.30. The van der Waals surface area contributed by atoms with Gasteiger partial charge in [0.1, 0.15) is 5.69 Å². The first-order valence-electron chi connectivity index (χ1n) is 6.76. The summed E-state index contributed by atoms with van der Waals surface area (Å²) in [5.41, 5.74) is 0.484. The molecule has 0 spiro atoms. The van der Waals surface area contributed by atoms with Gasteiger partial charge in [0.2, 0.25) is 0 Å². The molecule has 0 bridgehead atoms. The average molecular weight is 282 g/mol. The van der Waals surface area contributed by atoms with Crippen LogP contribution in [-0.4, -0.2) is 42.5 Å². The maximum absolute atomic E-state index is 12.2. The molecule has 0 unspecified atom stereocenters. The number of halogens is 1. The van der Waals surface area contributed by atoms with Crippen LogP contribution in [0.2, 0.25) is 5.02 Å². The van der Waals surface area contributed by atoms with E-state index in [0.717, 1.165) is 38.4 Å². The van der Waals surface area contributed by atoms with Crippen LogP contribution in [0.4, 0.5) is 0 Å². The predicted molar refractivity (Wildman–Crippen MR) is 76.4 cm³/mol. The first-order chi connectivity index (χ1) is 9.20. The van der Waals surface area contributed by atoms with Gasteiger partial charge < -0.3 is 10.2 Å². The van der Waals surface area contributed by atoms with Gasteiger partial charge in [0, 0.05) is 19.3 Å². The van der Waals surface area contributed by atoms with Crippen molar-refractivity contribution in [2.45, 2.75) is 19.3 Å². The van der Waals surface area contributed by atoms with E-state index in [0.29, 0.717) is 10.7 Å². The van der Waals surface area contributed by atoms with E-state index in [9.17, 15) is 4.79 Å². The normalized spacial score (nSPS) is 16.6. The van der Waals surface area contributed by atoms with Crippen LogP contribution in [0.5, 0.6) is 0 Å². The number of carbonyl (C=O) groups is 1. The fourth-order valence-corrected chi connectivity index (χ4v) is 2.55. The Kier molecular flexibility index (Phi) is 5.16. The number of hydrogen-bond donors (Lipinski definition) is 1. The quantitative estimate of drug-likeness (QED) is 0.920. The van der Waals surface area contributed by atoms with Gasteiger partial charge in [-0.05, 0) is 50.9 Å². The zero-order chi connectivity index (χ0) is 13.7. The molecule has 0 atom stereocenters. The van der Waals surface area contributed by atoms with E-state index in [1.165, 1.54) is 12.6 Å². The summed E-state index contributed by atoms with van der Waals surface area (Å²) in [7, 11) is 1.98. The largest absolute Gasteiger partial charge is 0.337 e. The number of nitrogens with one attached hydrogen (secondary N) is 1. The second kappa shape index (κ2) is 6.87. The Morgan fingerprint density at radius 3 is 2.79 bits per heavy atom. The lowest BCUT2D eigenvalue weighted by Gasteiger charge is -2.31. The Morgan fingerprint density at radius 1 is 1.47 bits per heavy atom. The number of aromatic nitrogens is 1. The summed E-state index contributed by atoms with van der Waals surface area (Å²) in [6.07, 6.45) is 4.88. The van der Waals surface area contributed by atoms with E-state index in [-0.39, 0.29) is 5.91 Å². The number of likely N-dealkylation sites (tertiary alicyclic amines) is 1. The molecule has 0 radical (unpaired) electrons. The molecule has 1 amide bonds. The topological polar surface area (TPSA) is 45.2 Å². The molecular weight excluding hydrogens is 262 g/mol. The van der Waals surface area contributed by atoms with Crippen LogP contribution in [0.3, 0.4) is 0 Å². The molecule has 1 aliphatic heterocycles. The molecule has 1 saturated heterocycles. The minimum atomic E-state index is 0.0173. The molecule has 2 rings (SSSR count). The van der Waals surface area contributed by atoms with Crippen LogP contribution in [0.1, 0.15) is 29.8 Å². The molecule has 1 aromatic rings. The number of piperidine rings is 1. The first kappa shape index (κ1) is 14.3. The van der Waals surface area contributed by atoms with E-state index >= 15 is 0 Å². The third-order valence-electron chi connectivity index (χ3n) is 3.65. The van der Waals surface area contributed by atoms with Crippen molar-refractivity contribution in [3.8, 4) is 0 Å². The SMILES string of the molecule is CNCCC1CCN(C(=O)c2ccc(Cl)cn2)CC1. The summed E-state index contributed by atoms with van der Waals surface area (Å²) in [5.74, 6) is 0.749. The molecule has 0 saturated carbocycles. The van der Waals surface area contributed by atoms with Crippen molar-refractivity contribution in [3.63, 3.8) is 0 Å². The Balaban J connectivity index is 1.87. The monoisotopic (exact) mass is 281 g/mol. The number of carbonyl (C=O) groups excluding carboxylic acids is 1. The molecular formula is C14H20ClN3O. The summed E-state index contributed by atoms with van der Waals surface area (Å²) in [6.45, 7) is 2.71. The molecule has 1 N–H and O–H groups in total. The standard InChI is InChI=1S/C14H20ClN3O/c1-16-7-4-11-5-8-18(9-6-11)14(19)13-3-2-12(15)10-17-13/h2-3,10-11,16H,4-9H2,1H3. The minimum Gasteiger partial charge on any atom is -0.337 e. The van der Waals surface area contributed by atoms with Crippen molar-refractivity contribution in [3.05, 3.63) is 29.0 Å². The molecule has 4 nitrogen and oxygen atoms in total. The van der Waals surface area contributed by atoms with Crippen molar-refractivity contribution in [2.75, 3.05) is 26.7 Å². The second-order valence-electron chi connectivity index (χ2n) is 4.99. The lowest BCUT2D eigenvalue weighted by Crippen LogP contribution is -2.39. The number of rotatable bonds is 4. The maximum atomic E-state index is 12.2. The van der Waals surface area contributed by atoms with Crippen LogP contribution in [-0.2, 0) is 0 Å². The van der Waals surface area contributed by atoms with Crippen LogP contribution >= 0.6 is 11.6 Å². The Morgan fingerprint density at radius 2 is 2.21 bits per heavy atom. The lowest BCUT2D eigenvalue weighted by atomic mass is 9.93. The predicted octanol–water partition coefficient (Wildman–Crippen LogP) is 2.20. The highest BCUT2D eigenvalue weighted by Crippen LogP contribution is 2.21. The fraction of sp³-hybridized carbons (Fsp3) is 0.571. The summed E-state index contributed by atoms with van der Waals surface area (Å²) >= 11 is 5.78. The first-order valence-corrected chi connectivity index (χ1v) is 7.14. The molecule has 2 heterocycles. The van der Waals surface area contributed by atoms with Gasteiger partial charge >= 0.3 is 0 Å².